The smallest absolute Gasteiger partial charge is 0.253 e. The summed E-state index contributed by atoms with van der Waals surface area (Å²) >= 11 is 1.09. The number of rotatable bonds is 3. The molecule has 1 aromatic rings. The highest BCUT2D eigenvalue weighted by molar-refractivity contribution is 7.91. The van der Waals surface area contributed by atoms with Crippen molar-refractivity contribution in [1.29, 1.82) is 0 Å². The minimum atomic E-state index is -3.62. The Labute approximate surface area is 116 Å². The maximum Gasteiger partial charge on any atom is 0.253 e. The number of hydrogen-bond donors (Lipinski definition) is 1. The lowest BCUT2D eigenvalue weighted by Gasteiger charge is -2.24. The molecule has 0 aliphatic carbocycles. The van der Waals surface area contributed by atoms with E-state index in [0.29, 0.717) is 25.1 Å². The Balaban J connectivity index is 2.32. The zero-order valence-corrected chi connectivity index (χ0v) is 12.5. The van der Waals surface area contributed by atoms with Crippen LogP contribution in [0.3, 0.4) is 0 Å². The predicted molar refractivity (Wildman–Crippen MR) is 74.3 cm³/mol. The number of nitrogen functional groups attached to an aromatic ring is 1. The molecule has 1 amide bonds. The van der Waals surface area contributed by atoms with E-state index in [2.05, 4.69) is 0 Å². The molecule has 0 radical (unpaired) electrons. The second kappa shape index (κ2) is 5.10. The quantitative estimate of drug-likeness (QED) is 0.885. The molecule has 1 fully saturated rings. The zero-order chi connectivity index (χ0) is 14.2. The van der Waals surface area contributed by atoms with Crippen molar-refractivity contribution in [3.63, 3.8) is 0 Å². The molecular formula is C11H17N3O3S2. The van der Waals surface area contributed by atoms with Crippen molar-refractivity contribution in [1.82, 2.24) is 9.21 Å². The fourth-order valence-corrected chi connectivity index (χ4v) is 5.01. The third-order valence-electron chi connectivity index (χ3n) is 3.09. The first-order valence-corrected chi connectivity index (χ1v) is 8.23. The van der Waals surface area contributed by atoms with Crippen LogP contribution in [0.15, 0.2) is 15.7 Å². The first-order valence-electron chi connectivity index (χ1n) is 5.91. The van der Waals surface area contributed by atoms with Crippen LogP contribution in [-0.2, 0) is 14.8 Å². The Hall–Kier alpha value is -1.12. The van der Waals surface area contributed by atoms with E-state index in [4.69, 9.17) is 5.73 Å². The predicted octanol–water partition coefficient (Wildman–Crippen LogP) is 0.572. The van der Waals surface area contributed by atoms with Crippen LogP contribution in [0.2, 0.25) is 0 Å². The number of anilines is 1. The second-order valence-electron chi connectivity index (χ2n) is 4.71. The molecule has 0 saturated carbocycles. The summed E-state index contributed by atoms with van der Waals surface area (Å²) in [6.45, 7) is 0.379. The third kappa shape index (κ3) is 2.60. The van der Waals surface area contributed by atoms with Gasteiger partial charge in [0.15, 0.2) is 0 Å². The number of carbonyl (C=O) groups excluding carboxylic acids is 1. The van der Waals surface area contributed by atoms with E-state index in [-0.39, 0.29) is 10.1 Å². The summed E-state index contributed by atoms with van der Waals surface area (Å²) < 4.78 is 26.5. The molecule has 1 atom stereocenters. The minimum absolute atomic E-state index is 0.175. The number of nitrogens with two attached hydrogens (primary N) is 1. The van der Waals surface area contributed by atoms with Gasteiger partial charge in [0.25, 0.3) is 10.0 Å². The summed E-state index contributed by atoms with van der Waals surface area (Å²) in [5.41, 5.74) is 6.00. The lowest BCUT2D eigenvalue weighted by molar-refractivity contribution is -0.132. The van der Waals surface area contributed by atoms with Gasteiger partial charge in [-0.15, -0.1) is 11.3 Å². The van der Waals surface area contributed by atoms with Gasteiger partial charge < -0.3 is 10.6 Å². The molecule has 0 bridgehead atoms. The maximum atomic E-state index is 12.5. The monoisotopic (exact) mass is 303 g/mol. The minimum Gasteiger partial charge on any atom is -0.398 e. The normalized spacial score (nSPS) is 20.6. The van der Waals surface area contributed by atoms with Crippen molar-refractivity contribution in [2.75, 3.05) is 26.4 Å². The summed E-state index contributed by atoms with van der Waals surface area (Å²) in [4.78, 5) is 13.5. The summed E-state index contributed by atoms with van der Waals surface area (Å²) in [7, 11) is -0.354. The van der Waals surface area contributed by atoms with Crippen LogP contribution in [0, 0.1) is 0 Å². The van der Waals surface area contributed by atoms with Crippen LogP contribution >= 0.6 is 11.3 Å². The standard InChI is InChI=1S/C11H17N3O3S2/c1-13(2)11(15)9-4-3-5-14(9)19(16,17)10-6-8(12)7-18-10/h6-7,9H,3-5,12H2,1-2H3. The molecule has 6 nitrogen and oxygen atoms in total. The van der Waals surface area contributed by atoms with Crippen molar-refractivity contribution in [2.45, 2.75) is 23.1 Å². The van der Waals surface area contributed by atoms with E-state index >= 15 is 0 Å². The van der Waals surface area contributed by atoms with E-state index in [1.807, 2.05) is 0 Å². The van der Waals surface area contributed by atoms with Gasteiger partial charge in [-0.3, -0.25) is 4.79 Å². The third-order valence-corrected chi connectivity index (χ3v) is 6.43. The topological polar surface area (TPSA) is 83.7 Å². The van der Waals surface area contributed by atoms with E-state index in [1.54, 1.807) is 19.5 Å². The summed E-state index contributed by atoms with van der Waals surface area (Å²) in [5.74, 6) is -0.175. The molecule has 1 aliphatic rings. The fourth-order valence-electron chi connectivity index (χ4n) is 2.15. The van der Waals surface area contributed by atoms with Crippen molar-refractivity contribution in [3.05, 3.63) is 11.4 Å². The van der Waals surface area contributed by atoms with E-state index in [9.17, 15) is 13.2 Å². The van der Waals surface area contributed by atoms with E-state index < -0.39 is 16.1 Å². The molecule has 0 aromatic carbocycles. The molecule has 8 heteroatoms. The molecule has 2 heterocycles. The Bertz CT molecular complexity index is 580. The van der Waals surface area contributed by atoms with Gasteiger partial charge in [0.1, 0.15) is 10.3 Å². The zero-order valence-electron chi connectivity index (χ0n) is 10.9. The molecular weight excluding hydrogens is 286 g/mol. The van der Waals surface area contributed by atoms with Gasteiger partial charge in [0, 0.05) is 31.7 Å². The number of nitrogens with zero attached hydrogens (tertiary/aromatic N) is 2. The van der Waals surface area contributed by atoms with Crippen molar-refractivity contribution >= 4 is 33.0 Å². The van der Waals surface area contributed by atoms with Crippen LogP contribution in [0.25, 0.3) is 0 Å². The number of likely N-dealkylation sites (N-methyl/N-ethyl adjacent to an activating group) is 1. The van der Waals surface area contributed by atoms with Crippen molar-refractivity contribution in [2.24, 2.45) is 0 Å². The summed E-state index contributed by atoms with van der Waals surface area (Å²) in [6.07, 6.45) is 1.27. The van der Waals surface area contributed by atoms with Gasteiger partial charge in [0.2, 0.25) is 5.91 Å². The number of amides is 1. The second-order valence-corrected chi connectivity index (χ2v) is 7.73. The van der Waals surface area contributed by atoms with Crippen molar-refractivity contribution in [3.8, 4) is 0 Å². The summed E-state index contributed by atoms with van der Waals surface area (Å²) in [6, 6.07) is 0.846. The fraction of sp³-hybridized carbons (Fsp3) is 0.545. The average Bonchev–Trinajstić information content (AvgIpc) is 2.96. The van der Waals surface area contributed by atoms with Crippen LogP contribution in [0.1, 0.15) is 12.8 Å². The SMILES string of the molecule is CN(C)C(=O)C1CCCN1S(=O)(=O)c1cc(N)cs1. The molecule has 1 aromatic heterocycles. The Morgan fingerprint density at radius 2 is 2.21 bits per heavy atom. The molecule has 1 saturated heterocycles. The van der Waals surface area contributed by atoms with Gasteiger partial charge in [0.05, 0.1) is 0 Å². The average molecular weight is 303 g/mol. The lowest BCUT2D eigenvalue weighted by atomic mass is 10.2. The highest BCUT2D eigenvalue weighted by atomic mass is 32.2. The Morgan fingerprint density at radius 1 is 1.53 bits per heavy atom. The van der Waals surface area contributed by atoms with Crippen molar-refractivity contribution < 1.29 is 13.2 Å². The largest absolute Gasteiger partial charge is 0.398 e. The first kappa shape index (κ1) is 14.3. The van der Waals surface area contributed by atoms with Gasteiger partial charge in [-0.25, -0.2) is 8.42 Å². The van der Waals surface area contributed by atoms with Crippen LogP contribution in [-0.4, -0.2) is 50.2 Å². The van der Waals surface area contributed by atoms with E-state index in [1.165, 1.54) is 15.3 Å². The molecule has 106 valence electrons. The number of hydrogen-bond acceptors (Lipinski definition) is 5. The molecule has 1 unspecified atom stereocenters. The molecule has 2 rings (SSSR count). The summed E-state index contributed by atoms with van der Waals surface area (Å²) in [5, 5.41) is 1.59. The number of thiophene rings is 1. The van der Waals surface area contributed by atoms with Gasteiger partial charge in [-0.1, -0.05) is 0 Å². The van der Waals surface area contributed by atoms with Crippen LogP contribution in [0.5, 0.6) is 0 Å². The van der Waals surface area contributed by atoms with Gasteiger partial charge in [-0.2, -0.15) is 4.31 Å². The maximum absolute atomic E-state index is 12.5. The Kier molecular flexibility index (Phi) is 3.84. The first-order chi connectivity index (χ1) is 8.84. The number of sulfonamides is 1. The van der Waals surface area contributed by atoms with E-state index in [0.717, 1.165) is 11.3 Å². The highest BCUT2D eigenvalue weighted by Gasteiger charge is 2.40. The highest BCUT2D eigenvalue weighted by Crippen LogP contribution is 2.30. The van der Waals surface area contributed by atoms with Gasteiger partial charge >= 0.3 is 0 Å². The number of carbonyl (C=O) groups is 1. The lowest BCUT2D eigenvalue weighted by Crippen LogP contribution is -2.45. The molecule has 19 heavy (non-hydrogen) atoms. The molecule has 2 N–H and O–H groups in total. The van der Waals surface area contributed by atoms with Crippen LogP contribution < -0.4 is 5.73 Å². The Morgan fingerprint density at radius 3 is 2.74 bits per heavy atom. The molecule has 0 spiro atoms. The van der Waals surface area contributed by atoms with Crippen LogP contribution in [0.4, 0.5) is 5.69 Å². The molecule has 1 aliphatic heterocycles. The van der Waals surface area contributed by atoms with Gasteiger partial charge in [-0.05, 0) is 18.9 Å².